The van der Waals surface area contributed by atoms with Gasteiger partial charge >= 0.3 is 5.97 Å². The minimum Gasteiger partial charge on any atom is -0.508 e. The molecule has 2 aromatic rings. The van der Waals surface area contributed by atoms with Crippen molar-refractivity contribution in [2.75, 3.05) is 6.61 Å². The molecule has 110 valence electrons. The fraction of sp³-hybridized carbons (Fsp3) is 0.125. The second-order valence-corrected chi connectivity index (χ2v) is 4.31. The van der Waals surface area contributed by atoms with E-state index in [9.17, 15) is 4.79 Å². The Kier molecular flexibility index (Phi) is 5.21. The van der Waals surface area contributed by atoms with E-state index in [4.69, 9.17) is 15.1 Å². The molecule has 0 unspecified atom stereocenters. The summed E-state index contributed by atoms with van der Waals surface area (Å²) in [6.07, 6.45) is 0.171. The maximum Gasteiger partial charge on any atom is 0.338 e. The zero-order valence-corrected chi connectivity index (χ0v) is 11.6. The van der Waals surface area contributed by atoms with Crippen LogP contribution in [0.5, 0.6) is 5.75 Å². The van der Waals surface area contributed by atoms with Gasteiger partial charge in [0.15, 0.2) is 0 Å². The lowest BCUT2D eigenvalue weighted by atomic mass is 10.2. The number of hydrogen-bond donors (Lipinski definition) is 1. The molecule has 1 N–H and O–H groups in total. The zero-order valence-electron chi connectivity index (χ0n) is 11.6. The SMILES string of the molecule is N#CCCOC(=O)c1ccc(N=Nc2ccc(O)cc2)cc1. The molecule has 2 rings (SSSR count). The van der Waals surface area contributed by atoms with Crippen LogP contribution >= 0.6 is 0 Å². The summed E-state index contributed by atoms with van der Waals surface area (Å²) in [6, 6.07) is 14.7. The first kappa shape index (κ1) is 15.2. The van der Waals surface area contributed by atoms with E-state index in [1.165, 1.54) is 12.1 Å². The van der Waals surface area contributed by atoms with Crippen LogP contribution < -0.4 is 0 Å². The lowest BCUT2D eigenvalue weighted by Gasteiger charge is -2.02. The molecule has 0 saturated heterocycles. The number of carbonyl (C=O) groups is 1. The lowest BCUT2D eigenvalue weighted by Crippen LogP contribution is -2.05. The van der Waals surface area contributed by atoms with E-state index >= 15 is 0 Å². The third-order valence-electron chi connectivity index (χ3n) is 2.68. The molecule has 0 spiro atoms. The molecule has 0 aliphatic heterocycles. The minimum atomic E-state index is -0.475. The van der Waals surface area contributed by atoms with Crippen LogP contribution in [0.2, 0.25) is 0 Å². The lowest BCUT2D eigenvalue weighted by molar-refractivity contribution is 0.0513. The summed E-state index contributed by atoms with van der Waals surface area (Å²) >= 11 is 0. The number of esters is 1. The van der Waals surface area contributed by atoms with Crippen molar-refractivity contribution in [3.63, 3.8) is 0 Å². The quantitative estimate of drug-likeness (QED) is 0.514. The van der Waals surface area contributed by atoms with Gasteiger partial charge in [-0.15, -0.1) is 0 Å². The third-order valence-corrected chi connectivity index (χ3v) is 2.68. The number of phenols is 1. The highest BCUT2D eigenvalue weighted by Crippen LogP contribution is 2.21. The van der Waals surface area contributed by atoms with Crippen LogP contribution in [0.3, 0.4) is 0 Å². The summed E-state index contributed by atoms with van der Waals surface area (Å²) in [7, 11) is 0. The van der Waals surface area contributed by atoms with Crippen molar-refractivity contribution in [2.24, 2.45) is 10.2 Å². The first-order valence-electron chi connectivity index (χ1n) is 6.54. The van der Waals surface area contributed by atoms with Gasteiger partial charge in [0.1, 0.15) is 12.4 Å². The predicted molar refractivity (Wildman–Crippen MR) is 79.2 cm³/mol. The highest BCUT2D eigenvalue weighted by atomic mass is 16.5. The smallest absolute Gasteiger partial charge is 0.338 e. The first-order valence-corrected chi connectivity index (χ1v) is 6.54. The number of azo groups is 1. The number of nitrogens with zero attached hydrogens (tertiary/aromatic N) is 3. The van der Waals surface area contributed by atoms with Gasteiger partial charge in [0.25, 0.3) is 0 Å². The Morgan fingerprint density at radius 1 is 1.05 bits per heavy atom. The van der Waals surface area contributed by atoms with E-state index in [1.807, 2.05) is 6.07 Å². The number of ether oxygens (including phenoxy) is 1. The molecule has 2 aromatic carbocycles. The van der Waals surface area contributed by atoms with Crippen LogP contribution in [0.4, 0.5) is 11.4 Å². The highest BCUT2D eigenvalue weighted by molar-refractivity contribution is 5.89. The van der Waals surface area contributed by atoms with Gasteiger partial charge in [0, 0.05) is 0 Å². The van der Waals surface area contributed by atoms with E-state index in [-0.39, 0.29) is 18.8 Å². The van der Waals surface area contributed by atoms with Crippen LogP contribution in [0.15, 0.2) is 58.8 Å². The number of carbonyl (C=O) groups excluding carboxylic acids is 1. The van der Waals surface area contributed by atoms with Crippen molar-refractivity contribution in [1.29, 1.82) is 5.26 Å². The van der Waals surface area contributed by atoms with Gasteiger partial charge in [-0.2, -0.15) is 15.5 Å². The summed E-state index contributed by atoms with van der Waals surface area (Å²) in [6.45, 7) is 0.0810. The Labute approximate surface area is 127 Å². The van der Waals surface area contributed by atoms with Crippen LogP contribution in [0.25, 0.3) is 0 Å². The Morgan fingerprint density at radius 2 is 1.59 bits per heavy atom. The van der Waals surface area contributed by atoms with Gasteiger partial charge in [-0.3, -0.25) is 0 Å². The molecule has 0 amide bonds. The van der Waals surface area contributed by atoms with Gasteiger partial charge in [0.2, 0.25) is 0 Å². The summed E-state index contributed by atoms with van der Waals surface area (Å²) in [5, 5.41) is 25.6. The predicted octanol–water partition coefficient (Wildman–Crippen LogP) is 3.88. The molecular weight excluding hydrogens is 282 g/mol. The van der Waals surface area contributed by atoms with Crippen molar-refractivity contribution in [2.45, 2.75) is 6.42 Å². The molecule has 22 heavy (non-hydrogen) atoms. The van der Waals surface area contributed by atoms with Crippen molar-refractivity contribution in [3.05, 3.63) is 54.1 Å². The Balaban J connectivity index is 1.98. The minimum absolute atomic E-state index is 0.0810. The van der Waals surface area contributed by atoms with Gasteiger partial charge < -0.3 is 9.84 Å². The fourth-order valence-corrected chi connectivity index (χ4v) is 1.57. The van der Waals surface area contributed by atoms with E-state index in [2.05, 4.69) is 10.2 Å². The Morgan fingerprint density at radius 3 is 2.14 bits per heavy atom. The Hall–Kier alpha value is -3.20. The molecule has 6 nitrogen and oxygen atoms in total. The summed E-state index contributed by atoms with van der Waals surface area (Å²) in [5.74, 6) is -0.310. The van der Waals surface area contributed by atoms with Gasteiger partial charge in [-0.05, 0) is 48.5 Å². The number of hydrogen-bond acceptors (Lipinski definition) is 6. The van der Waals surface area contributed by atoms with Gasteiger partial charge in [-0.1, -0.05) is 0 Å². The molecule has 0 aromatic heterocycles. The molecule has 0 bridgehead atoms. The molecule has 0 atom stereocenters. The molecule has 0 heterocycles. The molecular formula is C16H13N3O3. The number of phenolic OH excluding ortho intramolecular Hbond substituents is 1. The number of aromatic hydroxyl groups is 1. The highest BCUT2D eigenvalue weighted by Gasteiger charge is 2.06. The topological polar surface area (TPSA) is 95.0 Å². The van der Waals surface area contributed by atoms with Crippen LogP contribution in [-0.4, -0.2) is 17.7 Å². The number of rotatable bonds is 5. The maximum atomic E-state index is 11.6. The fourth-order valence-electron chi connectivity index (χ4n) is 1.57. The summed E-state index contributed by atoms with van der Waals surface area (Å²) < 4.78 is 4.91. The summed E-state index contributed by atoms with van der Waals surface area (Å²) in [5.41, 5.74) is 1.58. The second kappa shape index (κ2) is 7.55. The second-order valence-electron chi connectivity index (χ2n) is 4.31. The van der Waals surface area contributed by atoms with Crippen molar-refractivity contribution in [1.82, 2.24) is 0 Å². The van der Waals surface area contributed by atoms with Crippen molar-refractivity contribution < 1.29 is 14.6 Å². The van der Waals surface area contributed by atoms with E-state index < -0.39 is 5.97 Å². The average molecular weight is 295 g/mol. The van der Waals surface area contributed by atoms with Crippen molar-refractivity contribution in [3.8, 4) is 11.8 Å². The first-order chi connectivity index (χ1) is 10.7. The monoisotopic (exact) mass is 295 g/mol. The molecule has 0 fully saturated rings. The molecule has 0 aliphatic rings. The van der Waals surface area contributed by atoms with E-state index in [0.717, 1.165) is 0 Å². The molecule has 0 saturated carbocycles. The van der Waals surface area contributed by atoms with Crippen LogP contribution in [0, 0.1) is 11.3 Å². The standard InChI is InChI=1S/C16H13N3O3/c17-10-1-11-22-16(21)12-2-4-13(5-3-12)18-19-14-6-8-15(20)9-7-14/h2-9,20H,1,11H2. The van der Waals surface area contributed by atoms with Gasteiger partial charge in [-0.25, -0.2) is 4.79 Å². The van der Waals surface area contributed by atoms with E-state index in [0.29, 0.717) is 16.9 Å². The van der Waals surface area contributed by atoms with Crippen LogP contribution in [0.1, 0.15) is 16.8 Å². The number of benzene rings is 2. The average Bonchev–Trinajstić information content (AvgIpc) is 2.55. The van der Waals surface area contributed by atoms with Gasteiger partial charge in [0.05, 0.1) is 29.4 Å². The van der Waals surface area contributed by atoms with E-state index in [1.54, 1.807) is 36.4 Å². The number of nitriles is 1. The maximum absolute atomic E-state index is 11.6. The third kappa shape index (κ3) is 4.42. The Bertz CT molecular complexity index is 701. The normalized spacial score (nSPS) is 10.3. The molecule has 6 heteroatoms. The van der Waals surface area contributed by atoms with Crippen molar-refractivity contribution >= 4 is 17.3 Å². The molecule has 0 aliphatic carbocycles. The largest absolute Gasteiger partial charge is 0.508 e. The summed E-state index contributed by atoms with van der Waals surface area (Å²) in [4.78, 5) is 11.6. The zero-order chi connectivity index (χ0) is 15.8. The molecule has 0 radical (unpaired) electrons. The van der Waals surface area contributed by atoms with Crippen LogP contribution in [-0.2, 0) is 4.74 Å².